The lowest BCUT2D eigenvalue weighted by atomic mass is 10.2. The molecular formula is C21H22FN5O2. The minimum Gasteiger partial charge on any atom is -0.478 e. The minimum atomic E-state index is -0.257. The predicted molar refractivity (Wildman–Crippen MR) is 110 cm³/mol. The maximum absolute atomic E-state index is 13.1. The zero-order chi connectivity index (χ0) is 20.4. The lowest BCUT2D eigenvalue weighted by Gasteiger charge is -2.36. The van der Waals surface area contributed by atoms with Crippen LogP contribution >= 0.6 is 0 Å². The van der Waals surface area contributed by atoms with Gasteiger partial charge in [-0.25, -0.2) is 19.2 Å². The second-order valence-electron chi connectivity index (χ2n) is 6.95. The van der Waals surface area contributed by atoms with Crippen LogP contribution in [0.5, 0.6) is 5.88 Å². The zero-order valence-electron chi connectivity index (χ0n) is 16.4. The summed E-state index contributed by atoms with van der Waals surface area (Å²) in [5.74, 6) is 0.323. The number of nitrogens with zero attached hydrogens (tertiary/aromatic N) is 4. The van der Waals surface area contributed by atoms with Crippen molar-refractivity contribution >= 4 is 28.6 Å². The van der Waals surface area contributed by atoms with Gasteiger partial charge in [-0.2, -0.15) is 0 Å². The number of aromatic nitrogens is 2. The van der Waals surface area contributed by atoms with E-state index in [4.69, 9.17) is 4.74 Å². The van der Waals surface area contributed by atoms with Gasteiger partial charge in [0.1, 0.15) is 5.82 Å². The highest BCUT2D eigenvalue weighted by Gasteiger charge is 2.23. The Morgan fingerprint density at radius 1 is 1.03 bits per heavy atom. The molecule has 0 atom stereocenters. The molecule has 1 aromatic heterocycles. The standard InChI is InChI=1S/C21H22FN5O2/c1-14-3-8-17-18(13-14)23-19(20(24-17)29-2)25-21(28)27-11-9-26(10-12-27)16-6-4-15(22)5-7-16/h3-8,13H,9-12H2,1-2H3,(H,23,25,28). The van der Waals surface area contributed by atoms with Crippen LogP contribution in [0.15, 0.2) is 42.5 Å². The van der Waals surface area contributed by atoms with Gasteiger partial charge in [-0.05, 0) is 48.9 Å². The molecule has 0 radical (unpaired) electrons. The molecule has 150 valence electrons. The van der Waals surface area contributed by atoms with Gasteiger partial charge in [0.05, 0.1) is 18.1 Å². The van der Waals surface area contributed by atoms with Crippen molar-refractivity contribution in [2.24, 2.45) is 0 Å². The number of nitrogens with one attached hydrogen (secondary N) is 1. The molecule has 3 aromatic rings. The Balaban J connectivity index is 1.45. The first-order valence-corrected chi connectivity index (χ1v) is 9.42. The van der Waals surface area contributed by atoms with Crippen molar-refractivity contribution in [3.8, 4) is 5.88 Å². The molecule has 0 spiro atoms. The van der Waals surface area contributed by atoms with Gasteiger partial charge in [-0.1, -0.05) is 6.07 Å². The number of piperazine rings is 1. The number of rotatable bonds is 3. The van der Waals surface area contributed by atoms with Crippen LogP contribution in [0.25, 0.3) is 11.0 Å². The molecule has 7 nitrogen and oxygen atoms in total. The van der Waals surface area contributed by atoms with E-state index >= 15 is 0 Å². The predicted octanol–water partition coefficient (Wildman–Crippen LogP) is 3.44. The third-order valence-electron chi connectivity index (χ3n) is 4.97. The van der Waals surface area contributed by atoms with Crippen LogP contribution < -0.4 is 15.0 Å². The average Bonchev–Trinajstić information content (AvgIpc) is 2.74. The number of carbonyl (C=O) groups is 1. The van der Waals surface area contributed by atoms with E-state index in [2.05, 4.69) is 20.2 Å². The largest absolute Gasteiger partial charge is 0.478 e. The molecule has 29 heavy (non-hydrogen) atoms. The number of urea groups is 1. The number of halogens is 1. The fourth-order valence-corrected chi connectivity index (χ4v) is 3.37. The summed E-state index contributed by atoms with van der Waals surface area (Å²) in [6, 6.07) is 11.9. The van der Waals surface area contributed by atoms with Crippen LogP contribution in [0.3, 0.4) is 0 Å². The fraction of sp³-hybridized carbons (Fsp3) is 0.286. The Morgan fingerprint density at radius 3 is 2.45 bits per heavy atom. The van der Waals surface area contributed by atoms with Crippen molar-refractivity contribution in [1.82, 2.24) is 14.9 Å². The Kier molecular flexibility index (Phi) is 5.16. The van der Waals surface area contributed by atoms with Gasteiger partial charge in [0, 0.05) is 31.9 Å². The number of anilines is 2. The average molecular weight is 395 g/mol. The molecule has 2 aromatic carbocycles. The van der Waals surface area contributed by atoms with Gasteiger partial charge >= 0.3 is 6.03 Å². The summed E-state index contributed by atoms with van der Waals surface area (Å²) in [4.78, 5) is 25.6. The first-order valence-electron chi connectivity index (χ1n) is 9.42. The number of fused-ring (bicyclic) bond motifs is 1. The molecule has 1 aliphatic heterocycles. The lowest BCUT2D eigenvalue weighted by molar-refractivity contribution is 0.208. The second-order valence-corrected chi connectivity index (χ2v) is 6.95. The van der Waals surface area contributed by atoms with E-state index in [1.807, 2.05) is 25.1 Å². The van der Waals surface area contributed by atoms with E-state index < -0.39 is 0 Å². The van der Waals surface area contributed by atoms with E-state index in [0.717, 1.165) is 11.3 Å². The van der Waals surface area contributed by atoms with Gasteiger partial charge in [-0.15, -0.1) is 0 Å². The van der Waals surface area contributed by atoms with Crippen LogP contribution in [0.4, 0.5) is 20.7 Å². The molecule has 0 unspecified atom stereocenters. The summed E-state index contributed by atoms with van der Waals surface area (Å²) in [6.07, 6.45) is 0. The Morgan fingerprint density at radius 2 is 1.76 bits per heavy atom. The number of methoxy groups -OCH3 is 1. The third-order valence-corrected chi connectivity index (χ3v) is 4.97. The molecule has 1 aliphatic rings. The number of amides is 2. The molecule has 4 rings (SSSR count). The van der Waals surface area contributed by atoms with E-state index in [1.54, 1.807) is 17.0 Å². The molecule has 1 saturated heterocycles. The molecule has 0 saturated carbocycles. The highest BCUT2D eigenvalue weighted by atomic mass is 19.1. The minimum absolute atomic E-state index is 0.247. The smallest absolute Gasteiger partial charge is 0.323 e. The molecule has 2 amide bonds. The fourth-order valence-electron chi connectivity index (χ4n) is 3.37. The van der Waals surface area contributed by atoms with Crippen LogP contribution in [0.1, 0.15) is 5.56 Å². The van der Waals surface area contributed by atoms with Gasteiger partial charge in [0.15, 0.2) is 5.82 Å². The topological polar surface area (TPSA) is 70.6 Å². The van der Waals surface area contributed by atoms with E-state index in [9.17, 15) is 9.18 Å². The summed E-state index contributed by atoms with van der Waals surface area (Å²) >= 11 is 0. The SMILES string of the molecule is COc1nc2ccc(C)cc2nc1NC(=O)N1CCN(c2ccc(F)cc2)CC1. The van der Waals surface area contributed by atoms with Crippen LogP contribution in [0, 0.1) is 12.7 Å². The van der Waals surface area contributed by atoms with Gasteiger partial charge in [-0.3, -0.25) is 5.32 Å². The van der Waals surface area contributed by atoms with Crippen molar-refractivity contribution in [2.75, 3.05) is 43.5 Å². The molecule has 1 fully saturated rings. The first kappa shape index (κ1) is 18.9. The number of ether oxygens (including phenoxy) is 1. The first-order chi connectivity index (χ1) is 14.0. The van der Waals surface area contributed by atoms with Crippen molar-refractivity contribution in [3.63, 3.8) is 0 Å². The molecular weight excluding hydrogens is 373 g/mol. The molecule has 0 aliphatic carbocycles. The van der Waals surface area contributed by atoms with Crippen LogP contribution in [0.2, 0.25) is 0 Å². The summed E-state index contributed by atoms with van der Waals surface area (Å²) in [5, 5.41) is 2.83. The molecule has 2 heterocycles. The van der Waals surface area contributed by atoms with E-state index in [1.165, 1.54) is 19.2 Å². The zero-order valence-corrected chi connectivity index (χ0v) is 16.4. The van der Waals surface area contributed by atoms with Gasteiger partial charge in [0.2, 0.25) is 0 Å². The van der Waals surface area contributed by atoms with Gasteiger partial charge < -0.3 is 14.5 Å². The number of hydrogen-bond donors (Lipinski definition) is 1. The highest BCUT2D eigenvalue weighted by Crippen LogP contribution is 2.24. The van der Waals surface area contributed by atoms with Crippen molar-refractivity contribution in [3.05, 3.63) is 53.8 Å². The van der Waals surface area contributed by atoms with Crippen LogP contribution in [-0.2, 0) is 0 Å². The lowest BCUT2D eigenvalue weighted by Crippen LogP contribution is -2.50. The van der Waals surface area contributed by atoms with Gasteiger partial charge in [0.25, 0.3) is 5.88 Å². The number of aryl methyl sites for hydroxylation is 1. The summed E-state index contributed by atoms with van der Waals surface area (Å²) < 4.78 is 18.4. The summed E-state index contributed by atoms with van der Waals surface area (Å²) in [5.41, 5.74) is 3.41. The second kappa shape index (κ2) is 7.90. The number of benzene rings is 2. The van der Waals surface area contributed by atoms with Crippen molar-refractivity contribution < 1.29 is 13.9 Å². The Hall–Kier alpha value is -3.42. The highest BCUT2D eigenvalue weighted by molar-refractivity contribution is 5.91. The van der Waals surface area contributed by atoms with Crippen molar-refractivity contribution in [1.29, 1.82) is 0 Å². The Bertz CT molecular complexity index is 1030. The van der Waals surface area contributed by atoms with E-state index in [-0.39, 0.29) is 17.7 Å². The third kappa shape index (κ3) is 4.06. The number of carbonyl (C=O) groups excluding carboxylic acids is 1. The quantitative estimate of drug-likeness (QED) is 0.736. The van der Waals surface area contributed by atoms with Crippen LogP contribution in [-0.4, -0.2) is 54.2 Å². The van der Waals surface area contributed by atoms with Crippen molar-refractivity contribution in [2.45, 2.75) is 6.92 Å². The maximum Gasteiger partial charge on any atom is 0.323 e. The summed E-state index contributed by atoms with van der Waals surface area (Å²) in [7, 11) is 1.50. The molecule has 1 N–H and O–H groups in total. The Labute approximate surface area is 168 Å². The molecule has 8 heteroatoms. The number of hydrogen-bond acceptors (Lipinski definition) is 5. The monoisotopic (exact) mass is 395 g/mol. The molecule has 0 bridgehead atoms. The normalized spacial score (nSPS) is 14.2. The maximum atomic E-state index is 13.1. The summed E-state index contributed by atoms with van der Waals surface area (Å²) in [6.45, 7) is 4.40. The van der Waals surface area contributed by atoms with E-state index in [0.29, 0.717) is 43.0 Å².